The van der Waals surface area contributed by atoms with E-state index < -0.39 is 0 Å². The largest absolute Gasteiger partial charge is 0.375 e. The molecule has 2 aliphatic rings. The summed E-state index contributed by atoms with van der Waals surface area (Å²) in [7, 11) is 1.67. The number of nitrogens with zero attached hydrogens (tertiary/aromatic N) is 1. The van der Waals surface area contributed by atoms with Crippen LogP contribution < -0.4 is 5.32 Å². The smallest absolute Gasteiger partial charge is 0.233 e. The molecular formula is C11H20N2O3. The molecule has 2 atom stereocenters. The SMILES string of the molecule is CNC(=O)CN1CCO[C@@H]([C@@H]2CCCO2)C1. The van der Waals surface area contributed by atoms with Gasteiger partial charge in [0.1, 0.15) is 0 Å². The second-order valence-corrected chi connectivity index (χ2v) is 4.37. The molecule has 1 amide bonds. The van der Waals surface area contributed by atoms with Gasteiger partial charge in [0.2, 0.25) is 5.91 Å². The van der Waals surface area contributed by atoms with Gasteiger partial charge >= 0.3 is 0 Å². The number of morpholine rings is 1. The molecule has 0 bridgehead atoms. The summed E-state index contributed by atoms with van der Waals surface area (Å²) in [6.45, 7) is 3.64. The van der Waals surface area contributed by atoms with Crippen molar-refractivity contribution >= 4 is 5.91 Å². The summed E-state index contributed by atoms with van der Waals surface area (Å²) in [6, 6.07) is 0. The standard InChI is InChI=1S/C11H20N2O3/c1-12-11(14)8-13-4-6-16-10(7-13)9-3-2-5-15-9/h9-10H,2-8H2,1H3,(H,12,14)/t9-,10+/m0/s1. The monoisotopic (exact) mass is 228 g/mol. The summed E-state index contributed by atoms with van der Waals surface area (Å²) >= 11 is 0. The van der Waals surface area contributed by atoms with Crippen molar-refractivity contribution in [2.75, 3.05) is 39.9 Å². The van der Waals surface area contributed by atoms with Crippen LogP contribution in [-0.2, 0) is 14.3 Å². The third kappa shape index (κ3) is 2.93. The van der Waals surface area contributed by atoms with Gasteiger partial charge in [-0.05, 0) is 12.8 Å². The summed E-state index contributed by atoms with van der Waals surface area (Å²) in [5, 5.41) is 2.64. The van der Waals surface area contributed by atoms with Gasteiger partial charge in [-0.15, -0.1) is 0 Å². The Balaban J connectivity index is 1.81. The lowest BCUT2D eigenvalue weighted by Gasteiger charge is -2.34. The zero-order chi connectivity index (χ0) is 11.4. The fraction of sp³-hybridized carbons (Fsp3) is 0.909. The molecular weight excluding hydrogens is 208 g/mol. The van der Waals surface area contributed by atoms with E-state index in [9.17, 15) is 4.79 Å². The maximum absolute atomic E-state index is 11.3. The van der Waals surface area contributed by atoms with Crippen LogP contribution in [0.1, 0.15) is 12.8 Å². The molecule has 5 heteroatoms. The van der Waals surface area contributed by atoms with E-state index >= 15 is 0 Å². The number of nitrogens with one attached hydrogen (secondary N) is 1. The van der Waals surface area contributed by atoms with Gasteiger partial charge in [0.25, 0.3) is 0 Å². The minimum Gasteiger partial charge on any atom is -0.375 e. The molecule has 2 heterocycles. The van der Waals surface area contributed by atoms with Crippen LogP contribution in [0.2, 0.25) is 0 Å². The van der Waals surface area contributed by atoms with Crippen molar-refractivity contribution in [2.45, 2.75) is 25.0 Å². The van der Waals surface area contributed by atoms with Crippen LogP contribution in [0.25, 0.3) is 0 Å². The first-order chi connectivity index (χ1) is 7.79. The van der Waals surface area contributed by atoms with Gasteiger partial charge < -0.3 is 14.8 Å². The highest BCUT2D eigenvalue weighted by atomic mass is 16.5. The maximum atomic E-state index is 11.3. The molecule has 16 heavy (non-hydrogen) atoms. The van der Waals surface area contributed by atoms with Crippen molar-refractivity contribution < 1.29 is 14.3 Å². The molecule has 2 fully saturated rings. The van der Waals surface area contributed by atoms with Crippen molar-refractivity contribution in [1.82, 2.24) is 10.2 Å². The Bertz CT molecular complexity index is 241. The van der Waals surface area contributed by atoms with Gasteiger partial charge in [-0.2, -0.15) is 0 Å². The van der Waals surface area contributed by atoms with Crippen LogP contribution in [0.4, 0.5) is 0 Å². The average Bonchev–Trinajstić information content (AvgIpc) is 2.83. The van der Waals surface area contributed by atoms with Gasteiger partial charge in [0.05, 0.1) is 25.4 Å². The van der Waals surface area contributed by atoms with Gasteiger partial charge in [0.15, 0.2) is 0 Å². The second-order valence-electron chi connectivity index (χ2n) is 4.37. The lowest BCUT2D eigenvalue weighted by molar-refractivity contribution is -0.127. The highest BCUT2D eigenvalue weighted by molar-refractivity contribution is 5.77. The van der Waals surface area contributed by atoms with Gasteiger partial charge in [0, 0.05) is 26.7 Å². The second kappa shape index (κ2) is 5.61. The van der Waals surface area contributed by atoms with Crippen LogP contribution in [-0.4, -0.2) is 62.9 Å². The molecule has 92 valence electrons. The zero-order valence-electron chi connectivity index (χ0n) is 9.78. The van der Waals surface area contributed by atoms with Crippen molar-refractivity contribution in [3.05, 3.63) is 0 Å². The van der Waals surface area contributed by atoms with E-state index in [1.54, 1.807) is 7.05 Å². The summed E-state index contributed by atoms with van der Waals surface area (Å²) in [5.74, 6) is 0.0630. The first-order valence-electron chi connectivity index (χ1n) is 5.95. The summed E-state index contributed by atoms with van der Waals surface area (Å²) in [6.07, 6.45) is 2.58. The van der Waals surface area contributed by atoms with Crippen molar-refractivity contribution in [2.24, 2.45) is 0 Å². The van der Waals surface area contributed by atoms with E-state index in [-0.39, 0.29) is 18.1 Å². The first-order valence-corrected chi connectivity index (χ1v) is 5.95. The molecule has 0 aliphatic carbocycles. The zero-order valence-corrected chi connectivity index (χ0v) is 9.78. The van der Waals surface area contributed by atoms with E-state index in [0.29, 0.717) is 13.2 Å². The Morgan fingerprint density at radius 3 is 2.88 bits per heavy atom. The minimum absolute atomic E-state index is 0.0630. The van der Waals surface area contributed by atoms with E-state index in [1.165, 1.54) is 0 Å². The Hall–Kier alpha value is -0.650. The van der Waals surface area contributed by atoms with E-state index in [4.69, 9.17) is 9.47 Å². The summed E-state index contributed by atoms with van der Waals surface area (Å²) in [5.41, 5.74) is 0. The molecule has 2 saturated heterocycles. The number of amides is 1. The summed E-state index contributed by atoms with van der Waals surface area (Å²) < 4.78 is 11.3. The number of hydrogen-bond donors (Lipinski definition) is 1. The quantitative estimate of drug-likeness (QED) is 0.715. The van der Waals surface area contributed by atoms with Crippen LogP contribution in [0.5, 0.6) is 0 Å². The first kappa shape index (κ1) is 11.8. The predicted molar refractivity (Wildman–Crippen MR) is 59.2 cm³/mol. The molecule has 2 aliphatic heterocycles. The molecule has 0 saturated carbocycles. The molecule has 0 radical (unpaired) electrons. The normalized spacial score (nSPS) is 31.6. The van der Waals surface area contributed by atoms with Crippen LogP contribution in [0, 0.1) is 0 Å². The molecule has 0 spiro atoms. The van der Waals surface area contributed by atoms with E-state index in [1.807, 2.05) is 0 Å². The van der Waals surface area contributed by atoms with Crippen LogP contribution >= 0.6 is 0 Å². The van der Waals surface area contributed by atoms with Crippen molar-refractivity contribution in [3.63, 3.8) is 0 Å². The predicted octanol–water partition coefficient (Wildman–Crippen LogP) is -0.388. The number of rotatable bonds is 3. The van der Waals surface area contributed by atoms with Gasteiger partial charge in [-0.1, -0.05) is 0 Å². The van der Waals surface area contributed by atoms with Crippen molar-refractivity contribution in [1.29, 1.82) is 0 Å². The number of ether oxygens (including phenoxy) is 2. The fourth-order valence-electron chi connectivity index (χ4n) is 2.28. The average molecular weight is 228 g/mol. The number of carbonyl (C=O) groups is 1. The fourth-order valence-corrected chi connectivity index (χ4v) is 2.28. The molecule has 1 N–H and O–H groups in total. The van der Waals surface area contributed by atoms with Crippen molar-refractivity contribution in [3.8, 4) is 0 Å². The van der Waals surface area contributed by atoms with Crippen LogP contribution in [0.3, 0.4) is 0 Å². The number of hydrogen-bond acceptors (Lipinski definition) is 4. The third-order valence-electron chi connectivity index (χ3n) is 3.20. The van der Waals surface area contributed by atoms with Gasteiger partial charge in [-0.3, -0.25) is 9.69 Å². The molecule has 0 unspecified atom stereocenters. The minimum atomic E-state index is 0.0630. The van der Waals surface area contributed by atoms with Gasteiger partial charge in [-0.25, -0.2) is 0 Å². The molecule has 0 aromatic carbocycles. The lowest BCUT2D eigenvalue weighted by atomic mass is 10.1. The highest BCUT2D eigenvalue weighted by Crippen LogP contribution is 2.20. The lowest BCUT2D eigenvalue weighted by Crippen LogP contribution is -2.50. The Morgan fingerprint density at radius 1 is 1.38 bits per heavy atom. The highest BCUT2D eigenvalue weighted by Gasteiger charge is 2.31. The number of likely N-dealkylation sites (N-methyl/N-ethyl adjacent to an activating group) is 1. The Kier molecular flexibility index (Phi) is 4.15. The molecule has 0 aromatic rings. The number of carbonyl (C=O) groups excluding carboxylic acids is 1. The van der Waals surface area contributed by atoms with E-state index in [2.05, 4.69) is 10.2 Å². The molecule has 0 aromatic heterocycles. The van der Waals surface area contributed by atoms with E-state index in [0.717, 1.165) is 32.5 Å². The topological polar surface area (TPSA) is 50.8 Å². The maximum Gasteiger partial charge on any atom is 0.233 e. The Morgan fingerprint density at radius 2 is 2.19 bits per heavy atom. The molecule has 2 rings (SSSR count). The Labute approximate surface area is 96.1 Å². The molecule has 5 nitrogen and oxygen atoms in total. The third-order valence-corrected chi connectivity index (χ3v) is 3.20. The summed E-state index contributed by atoms with van der Waals surface area (Å²) in [4.78, 5) is 13.4. The van der Waals surface area contributed by atoms with Crippen LogP contribution in [0.15, 0.2) is 0 Å².